The van der Waals surface area contributed by atoms with Crippen LogP contribution in [0.1, 0.15) is 6.92 Å². The van der Waals surface area contributed by atoms with E-state index in [0.29, 0.717) is 12.4 Å². The van der Waals surface area contributed by atoms with E-state index in [-0.39, 0.29) is 12.7 Å². The van der Waals surface area contributed by atoms with Crippen molar-refractivity contribution in [3.8, 4) is 11.5 Å². The van der Waals surface area contributed by atoms with Crippen LogP contribution in [0, 0.1) is 0 Å². The number of nitrogens with one attached hydrogen (secondary N) is 2. The van der Waals surface area contributed by atoms with Gasteiger partial charge in [-0.15, -0.1) is 0 Å². The maximum atomic E-state index is 11.5. The summed E-state index contributed by atoms with van der Waals surface area (Å²) in [4.78, 5) is 19.3. The first-order chi connectivity index (χ1) is 10.3. The van der Waals surface area contributed by atoms with Crippen molar-refractivity contribution in [3.63, 3.8) is 0 Å². The van der Waals surface area contributed by atoms with E-state index in [2.05, 4.69) is 20.6 Å². The van der Waals surface area contributed by atoms with E-state index in [1.54, 1.807) is 42.7 Å². The summed E-state index contributed by atoms with van der Waals surface area (Å²) >= 11 is 0. The quantitative estimate of drug-likeness (QED) is 0.794. The first-order valence-corrected chi connectivity index (χ1v) is 6.45. The molecule has 2 amide bonds. The monoisotopic (exact) mass is 288 g/mol. The molecule has 0 spiro atoms. The highest BCUT2D eigenvalue weighted by Crippen LogP contribution is 2.17. The minimum atomic E-state index is -0.438. The summed E-state index contributed by atoms with van der Waals surface area (Å²) in [6.07, 6.45) is 3.08. The van der Waals surface area contributed by atoms with Gasteiger partial charge < -0.3 is 14.8 Å². The summed E-state index contributed by atoms with van der Waals surface area (Å²) in [5, 5.41) is 5.02. The van der Waals surface area contributed by atoms with E-state index in [4.69, 9.17) is 9.47 Å². The number of hydrogen-bond donors (Lipinski definition) is 2. The van der Waals surface area contributed by atoms with Crippen LogP contribution >= 0.6 is 0 Å². The number of hydrogen-bond acceptors (Lipinski definition) is 5. The number of carbonyl (C=O) groups is 1. The van der Waals surface area contributed by atoms with Crippen molar-refractivity contribution in [2.75, 3.05) is 18.7 Å². The molecule has 2 N–H and O–H groups in total. The average Bonchev–Trinajstić information content (AvgIpc) is 2.50. The van der Waals surface area contributed by atoms with Gasteiger partial charge in [0.05, 0.1) is 6.61 Å². The van der Waals surface area contributed by atoms with E-state index >= 15 is 0 Å². The van der Waals surface area contributed by atoms with Gasteiger partial charge in [-0.25, -0.2) is 14.8 Å². The third kappa shape index (κ3) is 4.98. The zero-order valence-corrected chi connectivity index (χ0v) is 11.6. The van der Waals surface area contributed by atoms with Gasteiger partial charge in [0.2, 0.25) is 5.95 Å². The molecular weight excluding hydrogens is 272 g/mol. The van der Waals surface area contributed by atoms with Crippen LogP contribution in [0.3, 0.4) is 0 Å². The molecule has 0 fully saturated rings. The number of aromatic nitrogens is 2. The fraction of sp³-hybridized carbons (Fsp3) is 0.214. The second-order valence-electron chi connectivity index (χ2n) is 3.90. The molecule has 1 heterocycles. The van der Waals surface area contributed by atoms with Crippen molar-refractivity contribution in [1.29, 1.82) is 0 Å². The topological polar surface area (TPSA) is 85.4 Å². The van der Waals surface area contributed by atoms with Gasteiger partial charge in [-0.3, -0.25) is 5.32 Å². The number of rotatable bonds is 6. The minimum absolute atomic E-state index is 0.0344. The predicted octanol–water partition coefficient (Wildman–Crippen LogP) is 2.03. The third-order valence-electron chi connectivity index (χ3n) is 2.40. The highest BCUT2D eigenvalue weighted by Gasteiger charge is 2.02. The second kappa shape index (κ2) is 7.68. The second-order valence-corrected chi connectivity index (χ2v) is 3.90. The van der Waals surface area contributed by atoms with Crippen LogP contribution < -0.4 is 20.1 Å². The molecule has 0 aliphatic carbocycles. The summed E-state index contributed by atoms with van der Waals surface area (Å²) in [6, 6.07) is 8.37. The highest BCUT2D eigenvalue weighted by molar-refractivity contribution is 5.87. The number of nitrogens with zero attached hydrogens (tertiary/aromatic N) is 2. The molecule has 2 rings (SSSR count). The van der Waals surface area contributed by atoms with E-state index in [1.807, 2.05) is 6.92 Å². The lowest BCUT2D eigenvalue weighted by Crippen LogP contribution is -2.32. The molecule has 21 heavy (non-hydrogen) atoms. The number of anilines is 1. The largest absolute Gasteiger partial charge is 0.494 e. The lowest BCUT2D eigenvalue weighted by atomic mass is 10.3. The van der Waals surface area contributed by atoms with Crippen LogP contribution in [0.5, 0.6) is 11.5 Å². The molecule has 0 saturated heterocycles. The normalized spacial score (nSPS) is 9.76. The van der Waals surface area contributed by atoms with Crippen LogP contribution in [0.15, 0.2) is 42.7 Å². The van der Waals surface area contributed by atoms with Gasteiger partial charge in [0, 0.05) is 12.4 Å². The smallest absolute Gasteiger partial charge is 0.324 e. The Morgan fingerprint density at radius 2 is 1.71 bits per heavy atom. The Kier molecular flexibility index (Phi) is 5.33. The zero-order chi connectivity index (χ0) is 14.9. The molecule has 0 unspecified atom stereocenters. The maximum Gasteiger partial charge on any atom is 0.324 e. The SMILES string of the molecule is CCOc1ccc(OCNC(=O)Nc2ncccn2)cc1. The van der Waals surface area contributed by atoms with Gasteiger partial charge in [0.25, 0.3) is 0 Å². The summed E-state index contributed by atoms with van der Waals surface area (Å²) in [7, 11) is 0. The van der Waals surface area contributed by atoms with Crippen LogP contribution in [0.2, 0.25) is 0 Å². The first kappa shape index (κ1) is 14.6. The van der Waals surface area contributed by atoms with Crippen molar-refractivity contribution in [1.82, 2.24) is 15.3 Å². The van der Waals surface area contributed by atoms with E-state index in [1.165, 1.54) is 0 Å². The zero-order valence-electron chi connectivity index (χ0n) is 11.6. The van der Waals surface area contributed by atoms with Gasteiger partial charge in [-0.2, -0.15) is 0 Å². The van der Waals surface area contributed by atoms with Crippen LogP contribution in [0.25, 0.3) is 0 Å². The fourth-order valence-corrected chi connectivity index (χ4v) is 1.49. The molecule has 7 nitrogen and oxygen atoms in total. The number of carbonyl (C=O) groups excluding carboxylic acids is 1. The van der Waals surface area contributed by atoms with Gasteiger partial charge >= 0.3 is 6.03 Å². The minimum Gasteiger partial charge on any atom is -0.494 e. The number of ether oxygens (including phenoxy) is 2. The summed E-state index contributed by atoms with van der Waals surface area (Å²) < 4.78 is 10.7. The number of amides is 2. The summed E-state index contributed by atoms with van der Waals surface area (Å²) in [5.74, 6) is 1.64. The molecule has 0 aliphatic rings. The Balaban J connectivity index is 1.72. The third-order valence-corrected chi connectivity index (χ3v) is 2.40. The Bertz CT molecular complexity index is 560. The number of benzene rings is 1. The standard InChI is InChI=1S/C14H16N4O3/c1-2-20-11-4-6-12(7-5-11)21-10-17-14(19)18-13-15-8-3-9-16-13/h3-9H,2,10H2,1H3,(H2,15,16,17,18,19). The van der Waals surface area contributed by atoms with Crippen molar-refractivity contribution >= 4 is 12.0 Å². The Morgan fingerprint density at radius 1 is 1.10 bits per heavy atom. The Morgan fingerprint density at radius 3 is 2.33 bits per heavy atom. The first-order valence-electron chi connectivity index (χ1n) is 6.45. The van der Waals surface area contributed by atoms with E-state index < -0.39 is 6.03 Å². The van der Waals surface area contributed by atoms with Crippen molar-refractivity contribution in [3.05, 3.63) is 42.7 Å². The molecule has 0 bridgehead atoms. The predicted molar refractivity (Wildman–Crippen MR) is 77.3 cm³/mol. The van der Waals surface area contributed by atoms with Gasteiger partial charge in [0.1, 0.15) is 11.5 Å². The number of urea groups is 1. The molecule has 0 atom stereocenters. The fourth-order valence-electron chi connectivity index (χ4n) is 1.49. The highest BCUT2D eigenvalue weighted by atomic mass is 16.5. The molecule has 0 radical (unpaired) electrons. The van der Waals surface area contributed by atoms with Gasteiger partial charge in [-0.05, 0) is 37.3 Å². The molecule has 7 heteroatoms. The van der Waals surface area contributed by atoms with Crippen LogP contribution in [0.4, 0.5) is 10.7 Å². The van der Waals surface area contributed by atoms with Gasteiger partial charge in [-0.1, -0.05) is 0 Å². The maximum absolute atomic E-state index is 11.5. The molecule has 2 aromatic rings. The molecule has 1 aromatic carbocycles. The van der Waals surface area contributed by atoms with Crippen molar-refractivity contribution < 1.29 is 14.3 Å². The van der Waals surface area contributed by atoms with Gasteiger partial charge in [0.15, 0.2) is 6.73 Å². The lowest BCUT2D eigenvalue weighted by Gasteiger charge is -2.09. The molecule has 0 saturated carbocycles. The summed E-state index contributed by atoms with van der Waals surface area (Å²) in [6.45, 7) is 2.57. The Hall–Kier alpha value is -2.83. The molecule has 1 aromatic heterocycles. The molecular formula is C14H16N4O3. The molecule has 110 valence electrons. The molecule has 0 aliphatic heterocycles. The Labute approximate surface area is 122 Å². The van der Waals surface area contributed by atoms with E-state index in [9.17, 15) is 4.79 Å². The van der Waals surface area contributed by atoms with Crippen LogP contribution in [-0.4, -0.2) is 29.3 Å². The van der Waals surface area contributed by atoms with Crippen molar-refractivity contribution in [2.45, 2.75) is 6.92 Å². The average molecular weight is 288 g/mol. The van der Waals surface area contributed by atoms with Crippen molar-refractivity contribution in [2.24, 2.45) is 0 Å². The summed E-state index contributed by atoms with van der Waals surface area (Å²) in [5.41, 5.74) is 0. The lowest BCUT2D eigenvalue weighted by molar-refractivity contribution is 0.234. The van der Waals surface area contributed by atoms with Crippen LogP contribution in [-0.2, 0) is 0 Å². The van der Waals surface area contributed by atoms with E-state index in [0.717, 1.165) is 5.75 Å².